The largest absolute Gasteiger partial charge is 0.466 e. The van der Waals surface area contributed by atoms with Gasteiger partial charge in [0.15, 0.2) is 0 Å². The van der Waals surface area contributed by atoms with Crippen molar-refractivity contribution in [1.82, 2.24) is 0 Å². The minimum absolute atomic E-state index is 0.131. The Morgan fingerprint density at radius 1 is 1.41 bits per heavy atom. The molecule has 0 unspecified atom stereocenters. The minimum Gasteiger partial charge on any atom is -0.466 e. The summed E-state index contributed by atoms with van der Waals surface area (Å²) in [5.41, 5.74) is 7.47. The number of nitrogen functional groups attached to an aromatic ring is 1. The van der Waals surface area contributed by atoms with Crippen molar-refractivity contribution in [1.29, 1.82) is 0 Å². The molecule has 0 saturated heterocycles. The predicted molar refractivity (Wildman–Crippen MR) is 69.6 cm³/mol. The van der Waals surface area contributed by atoms with E-state index in [0.717, 1.165) is 17.7 Å². The third-order valence-corrected chi connectivity index (χ3v) is 2.53. The molecule has 0 radical (unpaired) electrons. The van der Waals surface area contributed by atoms with Crippen LogP contribution in [-0.4, -0.2) is 12.6 Å². The summed E-state index contributed by atoms with van der Waals surface area (Å²) in [4.78, 5) is 11.4. The number of rotatable bonds is 6. The zero-order chi connectivity index (χ0) is 12.7. The number of ether oxygens (including phenoxy) is 1. The molecule has 1 aromatic carbocycles. The lowest BCUT2D eigenvalue weighted by Crippen LogP contribution is -2.08. The van der Waals surface area contributed by atoms with Crippen molar-refractivity contribution in [2.75, 3.05) is 12.3 Å². The molecule has 0 amide bonds. The van der Waals surface area contributed by atoms with Gasteiger partial charge in [-0.3, -0.25) is 4.79 Å². The Morgan fingerprint density at radius 3 is 2.82 bits per heavy atom. The first-order valence-electron chi connectivity index (χ1n) is 6.08. The van der Waals surface area contributed by atoms with Crippen LogP contribution in [0.3, 0.4) is 0 Å². The maximum absolute atomic E-state index is 11.4. The molecule has 1 aromatic rings. The van der Waals surface area contributed by atoms with Crippen LogP contribution in [0.25, 0.3) is 0 Å². The summed E-state index contributed by atoms with van der Waals surface area (Å²) in [5, 5.41) is 0. The zero-order valence-corrected chi connectivity index (χ0v) is 10.6. The lowest BCUT2D eigenvalue weighted by atomic mass is 10.1. The van der Waals surface area contributed by atoms with Crippen LogP contribution in [0.5, 0.6) is 0 Å². The summed E-state index contributed by atoms with van der Waals surface area (Å²) in [7, 11) is 0. The molecule has 3 nitrogen and oxygen atoms in total. The Balaban J connectivity index is 2.24. The van der Waals surface area contributed by atoms with E-state index in [2.05, 4.69) is 13.8 Å². The van der Waals surface area contributed by atoms with Crippen LogP contribution in [0.15, 0.2) is 24.3 Å². The molecule has 0 aliphatic carbocycles. The van der Waals surface area contributed by atoms with Crippen molar-refractivity contribution in [3.8, 4) is 0 Å². The van der Waals surface area contributed by atoms with Gasteiger partial charge < -0.3 is 10.5 Å². The smallest absolute Gasteiger partial charge is 0.306 e. The summed E-state index contributed by atoms with van der Waals surface area (Å²) in [5.74, 6) is 0.435. The molecular weight excluding hydrogens is 214 g/mol. The van der Waals surface area contributed by atoms with Crippen LogP contribution in [0.1, 0.15) is 32.3 Å². The van der Waals surface area contributed by atoms with Gasteiger partial charge in [-0.15, -0.1) is 0 Å². The molecule has 0 bridgehead atoms. The highest BCUT2D eigenvalue weighted by Gasteiger charge is 2.04. The van der Waals surface area contributed by atoms with Crippen molar-refractivity contribution < 1.29 is 9.53 Å². The molecule has 0 spiro atoms. The molecule has 0 aliphatic rings. The summed E-state index contributed by atoms with van der Waals surface area (Å²) < 4.78 is 5.13. The monoisotopic (exact) mass is 235 g/mol. The second-order valence-corrected chi connectivity index (χ2v) is 4.65. The second-order valence-electron chi connectivity index (χ2n) is 4.65. The Bertz CT molecular complexity index is 361. The highest BCUT2D eigenvalue weighted by molar-refractivity contribution is 5.69. The summed E-state index contributed by atoms with van der Waals surface area (Å²) in [6.45, 7) is 4.74. The molecule has 0 fully saturated rings. The number of anilines is 1. The van der Waals surface area contributed by atoms with Crippen LogP contribution in [0.4, 0.5) is 5.69 Å². The van der Waals surface area contributed by atoms with Crippen LogP contribution >= 0.6 is 0 Å². The maximum Gasteiger partial charge on any atom is 0.306 e. The van der Waals surface area contributed by atoms with E-state index in [1.54, 1.807) is 0 Å². The van der Waals surface area contributed by atoms with E-state index < -0.39 is 0 Å². The molecule has 0 aromatic heterocycles. The van der Waals surface area contributed by atoms with Gasteiger partial charge in [-0.2, -0.15) is 0 Å². The number of nitrogens with two attached hydrogens (primary N) is 1. The van der Waals surface area contributed by atoms with E-state index in [0.29, 0.717) is 25.4 Å². The number of benzene rings is 1. The van der Waals surface area contributed by atoms with Gasteiger partial charge >= 0.3 is 5.97 Å². The van der Waals surface area contributed by atoms with Gasteiger partial charge in [0, 0.05) is 12.1 Å². The van der Waals surface area contributed by atoms with Gasteiger partial charge in [0.1, 0.15) is 0 Å². The molecule has 3 heteroatoms. The standard InChI is InChI=1S/C14H21NO2/c1-11(2)8-9-17-14(16)7-6-12-4-3-5-13(15)10-12/h3-5,10-11H,6-9,15H2,1-2H3. The van der Waals surface area contributed by atoms with E-state index >= 15 is 0 Å². The molecule has 0 atom stereocenters. The van der Waals surface area contributed by atoms with E-state index in [-0.39, 0.29) is 5.97 Å². The molecule has 1 rings (SSSR count). The fourth-order valence-electron chi connectivity index (χ4n) is 1.48. The Kier molecular flexibility index (Phi) is 5.53. The molecular formula is C14H21NO2. The van der Waals surface area contributed by atoms with Gasteiger partial charge in [0.25, 0.3) is 0 Å². The molecule has 0 aliphatic heterocycles. The molecule has 0 heterocycles. The number of carbonyl (C=O) groups is 1. The topological polar surface area (TPSA) is 52.3 Å². The lowest BCUT2D eigenvalue weighted by Gasteiger charge is -2.07. The number of carbonyl (C=O) groups excluding carboxylic acids is 1. The number of aryl methyl sites for hydroxylation is 1. The second kappa shape index (κ2) is 6.94. The average Bonchev–Trinajstić information content (AvgIpc) is 2.26. The predicted octanol–water partition coefficient (Wildman–Crippen LogP) is 2.79. The zero-order valence-electron chi connectivity index (χ0n) is 10.6. The lowest BCUT2D eigenvalue weighted by molar-refractivity contribution is -0.143. The van der Waals surface area contributed by atoms with Crippen molar-refractivity contribution in [3.63, 3.8) is 0 Å². The first-order chi connectivity index (χ1) is 8.08. The Morgan fingerprint density at radius 2 is 2.18 bits per heavy atom. The first kappa shape index (κ1) is 13.6. The van der Waals surface area contributed by atoms with Crippen molar-refractivity contribution in [2.24, 2.45) is 5.92 Å². The van der Waals surface area contributed by atoms with Crippen molar-refractivity contribution >= 4 is 11.7 Å². The van der Waals surface area contributed by atoms with Gasteiger partial charge in [-0.1, -0.05) is 26.0 Å². The van der Waals surface area contributed by atoms with Crippen molar-refractivity contribution in [2.45, 2.75) is 33.1 Å². The third kappa shape index (κ3) is 5.95. The molecule has 2 N–H and O–H groups in total. The van der Waals surface area contributed by atoms with Gasteiger partial charge in [-0.25, -0.2) is 0 Å². The SMILES string of the molecule is CC(C)CCOC(=O)CCc1cccc(N)c1. The third-order valence-electron chi connectivity index (χ3n) is 2.53. The molecule has 0 saturated carbocycles. The maximum atomic E-state index is 11.4. The minimum atomic E-state index is -0.131. The van der Waals surface area contributed by atoms with E-state index in [4.69, 9.17) is 10.5 Å². The number of esters is 1. The Hall–Kier alpha value is -1.51. The molecule has 94 valence electrons. The quantitative estimate of drug-likeness (QED) is 0.609. The van der Waals surface area contributed by atoms with E-state index in [1.165, 1.54) is 0 Å². The van der Waals surface area contributed by atoms with Crippen LogP contribution in [0, 0.1) is 5.92 Å². The van der Waals surface area contributed by atoms with Crippen LogP contribution in [0.2, 0.25) is 0 Å². The van der Waals surface area contributed by atoms with Crippen molar-refractivity contribution in [3.05, 3.63) is 29.8 Å². The summed E-state index contributed by atoms with van der Waals surface area (Å²) in [6, 6.07) is 7.60. The summed E-state index contributed by atoms with van der Waals surface area (Å²) in [6.07, 6.45) is 2.02. The first-order valence-corrected chi connectivity index (χ1v) is 6.08. The summed E-state index contributed by atoms with van der Waals surface area (Å²) >= 11 is 0. The fourth-order valence-corrected chi connectivity index (χ4v) is 1.48. The highest BCUT2D eigenvalue weighted by Crippen LogP contribution is 2.09. The van der Waals surface area contributed by atoms with Gasteiger partial charge in [0.05, 0.1) is 6.61 Å². The number of hydrogen-bond donors (Lipinski definition) is 1. The average molecular weight is 235 g/mol. The van der Waals surface area contributed by atoms with Crippen LogP contribution in [-0.2, 0) is 16.0 Å². The van der Waals surface area contributed by atoms with Crippen LogP contribution < -0.4 is 5.73 Å². The fraction of sp³-hybridized carbons (Fsp3) is 0.500. The van der Waals surface area contributed by atoms with E-state index in [9.17, 15) is 4.79 Å². The normalized spacial score (nSPS) is 10.5. The number of hydrogen-bond acceptors (Lipinski definition) is 3. The van der Waals surface area contributed by atoms with E-state index in [1.807, 2.05) is 24.3 Å². The Labute approximate surface area is 103 Å². The molecule has 17 heavy (non-hydrogen) atoms. The van der Waals surface area contributed by atoms with Gasteiger partial charge in [-0.05, 0) is 36.5 Å². The highest BCUT2D eigenvalue weighted by atomic mass is 16.5. The van der Waals surface area contributed by atoms with Gasteiger partial charge in [0.2, 0.25) is 0 Å².